The highest BCUT2D eigenvalue weighted by molar-refractivity contribution is 7.16. The molecular weight excluding hydrogens is 396 g/mol. The van der Waals surface area contributed by atoms with Gasteiger partial charge in [0.2, 0.25) is 0 Å². The number of nitrogens with one attached hydrogen (secondary N) is 1. The SMILES string of the molecule is CCc1cc([C@@H](c2ccccc2OC)N2CCCCC2)c(NC(=O)c2ccco2)s1. The summed E-state index contributed by atoms with van der Waals surface area (Å²) in [5.41, 5.74) is 2.26. The predicted molar refractivity (Wildman–Crippen MR) is 121 cm³/mol. The van der Waals surface area contributed by atoms with E-state index in [2.05, 4.69) is 35.3 Å². The number of methoxy groups -OCH3 is 1. The Kier molecular flexibility index (Phi) is 6.55. The van der Waals surface area contributed by atoms with Gasteiger partial charge >= 0.3 is 0 Å². The van der Waals surface area contributed by atoms with Crippen LogP contribution in [0.5, 0.6) is 5.75 Å². The zero-order valence-electron chi connectivity index (χ0n) is 17.5. The zero-order chi connectivity index (χ0) is 20.9. The van der Waals surface area contributed by atoms with Crippen LogP contribution < -0.4 is 10.1 Å². The molecule has 4 rings (SSSR count). The van der Waals surface area contributed by atoms with Gasteiger partial charge in [-0.05, 0) is 56.6 Å². The minimum Gasteiger partial charge on any atom is -0.496 e. The quantitative estimate of drug-likeness (QED) is 0.525. The predicted octanol–water partition coefficient (Wildman–Crippen LogP) is 5.74. The third-order valence-corrected chi connectivity index (χ3v) is 6.83. The van der Waals surface area contributed by atoms with Crippen LogP contribution in [0.25, 0.3) is 0 Å². The van der Waals surface area contributed by atoms with Gasteiger partial charge in [-0.15, -0.1) is 11.3 Å². The lowest BCUT2D eigenvalue weighted by Gasteiger charge is -2.35. The van der Waals surface area contributed by atoms with E-state index in [1.165, 1.54) is 30.4 Å². The average Bonchev–Trinajstić information content (AvgIpc) is 3.46. The molecule has 2 aromatic heterocycles. The van der Waals surface area contributed by atoms with Crippen molar-refractivity contribution in [2.45, 2.75) is 38.6 Å². The minimum atomic E-state index is -0.219. The number of anilines is 1. The Bertz CT molecular complexity index is 974. The smallest absolute Gasteiger partial charge is 0.291 e. The fraction of sp³-hybridized carbons (Fsp3) is 0.375. The highest BCUT2D eigenvalue weighted by Gasteiger charge is 2.30. The normalized spacial score (nSPS) is 15.7. The van der Waals surface area contributed by atoms with Gasteiger partial charge in [0, 0.05) is 16.0 Å². The van der Waals surface area contributed by atoms with Gasteiger partial charge < -0.3 is 14.5 Å². The number of para-hydroxylation sites is 1. The van der Waals surface area contributed by atoms with Crippen LogP contribution >= 0.6 is 11.3 Å². The molecule has 0 aliphatic carbocycles. The van der Waals surface area contributed by atoms with Gasteiger partial charge in [0.1, 0.15) is 10.8 Å². The molecule has 1 amide bonds. The number of carbonyl (C=O) groups is 1. The lowest BCUT2D eigenvalue weighted by atomic mass is 9.95. The zero-order valence-corrected chi connectivity index (χ0v) is 18.3. The maximum Gasteiger partial charge on any atom is 0.291 e. The minimum absolute atomic E-state index is 0.0323. The lowest BCUT2D eigenvalue weighted by Crippen LogP contribution is -2.34. The number of furan rings is 1. The molecule has 3 heterocycles. The molecule has 6 heteroatoms. The van der Waals surface area contributed by atoms with Gasteiger partial charge in [-0.2, -0.15) is 0 Å². The van der Waals surface area contributed by atoms with Crippen molar-refractivity contribution in [3.8, 4) is 5.75 Å². The van der Waals surface area contributed by atoms with Crippen LogP contribution in [0, 0.1) is 0 Å². The molecule has 0 radical (unpaired) electrons. The molecule has 1 N–H and O–H groups in total. The van der Waals surface area contributed by atoms with E-state index in [4.69, 9.17) is 9.15 Å². The van der Waals surface area contributed by atoms with Gasteiger partial charge in [-0.25, -0.2) is 0 Å². The topological polar surface area (TPSA) is 54.7 Å². The maximum absolute atomic E-state index is 12.7. The number of carbonyl (C=O) groups excluding carboxylic acids is 1. The van der Waals surface area contributed by atoms with E-state index >= 15 is 0 Å². The molecule has 1 aromatic carbocycles. The average molecular weight is 425 g/mol. The number of piperidine rings is 1. The first-order chi connectivity index (χ1) is 14.7. The molecule has 0 bridgehead atoms. The summed E-state index contributed by atoms with van der Waals surface area (Å²) in [7, 11) is 1.72. The number of hydrogen-bond acceptors (Lipinski definition) is 5. The van der Waals surface area contributed by atoms with Crippen molar-refractivity contribution in [2.24, 2.45) is 0 Å². The van der Waals surface area contributed by atoms with E-state index < -0.39 is 0 Å². The van der Waals surface area contributed by atoms with Crippen LogP contribution in [0.1, 0.15) is 58.8 Å². The fourth-order valence-electron chi connectivity index (χ4n) is 4.14. The number of amides is 1. The number of aryl methyl sites for hydroxylation is 1. The van der Waals surface area contributed by atoms with Gasteiger partial charge in [0.25, 0.3) is 5.91 Å². The molecule has 3 aromatic rings. The van der Waals surface area contributed by atoms with E-state index in [1.807, 2.05) is 12.1 Å². The second kappa shape index (κ2) is 9.49. The summed E-state index contributed by atoms with van der Waals surface area (Å²) >= 11 is 1.64. The van der Waals surface area contributed by atoms with Crippen molar-refractivity contribution < 1.29 is 13.9 Å². The molecule has 0 spiro atoms. The number of benzene rings is 1. The first kappa shape index (κ1) is 20.7. The molecule has 0 saturated carbocycles. The number of nitrogens with zero attached hydrogens (tertiary/aromatic N) is 1. The molecule has 1 aliphatic rings. The summed E-state index contributed by atoms with van der Waals surface area (Å²) in [6.07, 6.45) is 6.08. The van der Waals surface area contributed by atoms with Crippen molar-refractivity contribution >= 4 is 22.2 Å². The lowest BCUT2D eigenvalue weighted by molar-refractivity contribution is 0.0996. The molecule has 0 unspecified atom stereocenters. The molecule has 1 fully saturated rings. The van der Waals surface area contributed by atoms with Crippen LogP contribution in [0.4, 0.5) is 5.00 Å². The molecular formula is C24H28N2O3S. The third kappa shape index (κ3) is 4.30. The Labute approximate surface area is 181 Å². The number of rotatable bonds is 7. The van der Waals surface area contributed by atoms with Crippen molar-refractivity contribution in [3.05, 3.63) is 70.5 Å². The van der Waals surface area contributed by atoms with Crippen LogP contribution in [-0.4, -0.2) is 31.0 Å². The van der Waals surface area contributed by atoms with E-state index in [-0.39, 0.29) is 11.9 Å². The summed E-state index contributed by atoms with van der Waals surface area (Å²) in [5.74, 6) is 0.975. The molecule has 30 heavy (non-hydrogen) atoms. The summed E-state index contributed by atoms with van der Waals surface area (Å²) in [5, 5.41) is 4.00. The Morgan fingerprint density at radius 3 is 2.67 bits per heavy atom. The fourth-order valence-corrected chi connectivity index (χ4v) is 5.16. The number of likely N-dealkylation sites (tertiary alicyclic amines) is 1. The molecule has 5 nitrogen and oxygen atoms in total. The largest absolute Gasteiger partial charge is 0.496 e. The second-order valence-corrected chi connectivity index (χ2v) is 8.66. The molecule has 158 valence electrons. The summed E-state index contributed by atoms with van der Waals surface area (Å²) in [6.45, 7) is 4.21. The van der Waals surface area contributed by atoms with Gasteiger partial charge in [0.15, 0.2) is 5.76 Å². The number of ether oxygens (including phenoxy) is 1. The first-order valence-electron chi connectivity index (χ1n) is 10.6. The third-order valence-electron chi connectivity index (χ3n) is 5.62. The molecule has 1 saturated heterocycles. The first-order valence-corrected chi connectivity index (χ1v) is 11.4. The number of thiophene rings is 1. The van der Waals surface area contributed by atoms with E-state index in [0.717, 1.165) is 41.4 Å². The van der Waals surface area contributed by atoms with Crippen molar-refractivity contribution in [2.75, 3.05) is 25.5 Å². The van der Waals surface area contributed by atoms with Crippen LogP contribution in [0.2, 0.25) is 0 Å². The van der Waals surface area contributed by atoms with Crippen LogP contribution in [0.3, 0.4) is 0 Å². The Morgan fingerprint density at radius 2 is 1.97 bits per heavy atom. The van der Waals surface area contributed by atoms with Crippen LogP contribution in [0.15, 0.2) is 53.1 Å². The second-order valence-electron chi connectivity index (χ2n) is 7.52. The standard InChI is InChI=1S/C24H28N2O3S/c1-3-17-16-19(24(30-17)25-23(27)21-12-9-15-29-21)22(26-13-7-4-8-14-26)18-10-5-6-11-20(18)28-2/h5-6,9-12,15-16,22H,3-4,7-8,13-14H2,1-2H3,(H,25,27)/t22-/m1/s1. The highest BCUT2D eigenvalue weighted by atomic mass is 32.1. The summed E-state index contributed by atoms with van der Waals surface area (Å²) < 4.78 is 11.0. The monoisotopic (exact) mass is 424 g/mol. The molecule has 1 aliphatic heterocycles. The van der Waals surface area contributed by atoms with Gasteiger partial charge in [-0.1, -0.05) is 31.5 Å². The summed E-state index contributed by atoms with van der Waals surface area (Å²) in [6, 6.07) is 13.9. The summed E-state index contributed by atoms with van der Waals surface area (Å²) in [4.78, 5) is 16.5. The van der Waals surface area contributed by atoms with Crippen molar-refractivity contribution in [1.82, 2.24) is 4.90 Å². The molecule has 1 atom stereocenters. The maximum atomic E-state index is 12.7. The van der Waals surface area contributed by atoms with E-state index in [9.17, 15) is 4.79 Å². The highest BCUT2D eigenvalue weighted by Crippen LogP contribution is 2.43. The van der Waals surface area contributed by atoms with Crippen molar-refractivity contribution in [1.29, 1.82) is 0 Å². The number of hydrogen-bond donors (Lipinski definition) is 1. The Morgan fingerprint density at radius 1 is 1.17 bits per heavy atom. The van der Waals surface area contributed by atoms with Crippen molar-refractivity contribution in [3.63, 3.8) is 0 Å². The Hall–Kier alpha value is -2.57. The van der Waals surface area contributed by atoms with E-state index in [1.54, 1.807) is 30.6 Å². The Balaban J connectivity index is 1.78. The van der Waals surface area contributed by atoms with Crippen LogP contribution in [-0.2, 0) is 6.42 Å². The van der Waals surface area contributed by atoms with E-state index in [0.29, 0.717) is 5.76 Å². The van der Waals surface area contributed by atoms with Gasteiger partial charge in [0.05, 0.1) is 19.4 Å². The van der Waals surface area contributed by atoms with Gasteiger partial charge in [-0.3, -0.25) is 9.69 Å².